The average molecular weight is 273 g/mol. The van der Waals surface area contributed by atoms with Crippen molar-refractivity contribution < 1.29 is 0 Å². The molecule has 0 aromatic carbocycles. The van der Waals surface area contributed by atoms with Gasteiger partial charge in [0, 0.05) is 11.8 Å². The fourth-order valence-corrected chi connectivity index (χ4v) is 1.80. The first-order valence-electron chi connectivity index (χ1n) is 5.37. The van der Waals surface area contributed by atoms with E-state index in [1.807, 2.05) is 13.8 Å². The number of nitrogens with zero attached hydrogens (tertiary/aromatic N) is 2. The molecule has 0 spiro atoms. The van der Waals surface area contributed by atoms with Crippen LogP contribution in [-0.2, 0) is 5.88 Å². The van der Waals surface area contributed by atoms with Crippen molar-refractivity contribution in [3.63, 3.8) is 0 Å². The van der Waals surface area contributed by atoms with Crippen LogP contribution in [0.15, 0.2) is 23.1 Å². The van der Waals surface area contributed by atoms with Gasteiger partial charge in [-0.15, -0.1) is 11.6 Å². The Balaban J connectivity index is 0.000000686. The van der Waals surface area contributed by atoms with E-state index in [1.54, 1.807) is 25.3 Å². The highest BCUT2D eigenvalue weighted by atomic mass is 35.5. The molecular weight excluding hydrogens is 259 g/mol. The lowest BCUT2D eigenvalue weighted by molar-refractivity contribution is 0.976. The number of pyridine rings is 1. The molecule has 0 atom stereocenters. The standard InChI is InChI=1S/C10H8Cl2N2O.C2H6/c1-6-8(4-11)13-9-3-2-7(12)5-14(9)10(6)15;1-2/h2-3,5H,4H2,1H3;1-2H3. The van der Waals surface area contributed by atoms with Crippen molar-refractivity contribution in [2.45, 2.75) is 26.7 Å². The van der Waals surface area contributed by atoms with Crippen LogP contribution in [-0.4, -0.2) is 9.38 Å². The maximum Gasteiger partial charge on any atom is 0.261 e. The van der Waals surface area contributed by atoms with E-state index in [4.69, 9.17) is 23.2 Å². The van der Waals surface area contributed by atoms with Crippen molar-refractivity contribution in [2.75, 3.05) is 0 Å². The molecule has 5 heteroatoms. The molecule has 0 radical (unpaired) electrons. The first-order valence-corrected chi connectivity index (χ1v) is 6.28. The van der Waals surface area contributed by atoms with Crippen LogP contribution < -0.4 is 5.56 Å². The molecule has 2 rings (SSSR count). The summed E-state index contributed by atoms with van der Waals surface area (Å²) in [5, 5.41) is 0.504. The molecule has 0 saturated heterocycles. The molecule has 0 N–H and O–H groups in total. The second-order valence-electron chi connectivity index (χ2n) is 3.20. The Morgan fingerprint density at radius 3 is 2.59 bits per heavy atom. The van der Waals surface area contributed by atoms with Crippen molar-refractivity contribution in [1.82, 2.24) is 9.38 Å². The first kappa shape index (κ1) is 14.0. The lowest BCUT2D eigenvalue weighted by Gasteiger charge is -2.05. The van der Waals surface area contributed by atoms with E-state index in [0.717, 1.165) is 0 Å². The number of hydrogen-bond donors (Lipinski definition) is 0. The van der Waals surface area contributed by atoms with Gasteiger partial charge in [0.2, 0.25) is 0 Å². The number of alkyl halides is 1. The van der Waals surface area contributed by atoms with Crippen LogP contribution in [0.25, 0.3) is 5.65 Å². The topological polar surface area (TPSA) is 34.4 Å². The van der Waals surface area contributed by atoms with E-state index in [-0.39, 0.29) is 11.4 Å². The SMILES string of the molecule is CC.Cc1c(CCl)nc2ccc(Cl)cn2c1=O. The van der Waals surface area contributed by atoms with Crippen molar-refractivity contribution >= 4 is 28.8 Å². The summed E-state index contributed by atoms with van der Waals surface area (Å²) in [6, 6.07) is 3.38. The van der Waals surface area contributed by atoms with E-state index < -0.39 is 0 Å². The van der Waals surface area contributed by atoms with E-state index in [2.05, 4.69) is 4.98 Å². The highest BCUT2D eigenvalue weighted by molar-refractivity contribution is 6.30. The summed E-state index contributed by atoms with van der Waals surface area (Å²) < 4.78 is 1.42. The van der Waals surface area contributed by atoms with Gasteiger partial charge in [-0.3, -0.25) is 9.20 Å². The molecule has 92 valence electrons. The Morgan fingerprint density at radius 2 is 2.00 bits per heavy atom. The first-order chi connectivity index (χ1) is 8.13. The van der Waals surface area contributed by atoms with Gasteiger partial charge in [0.1, 0.15) is 5.65 Å². The Labute approximate surface area is 110 Å². The summed E-state index contributed by atoms with van der Waals surface area (Å²) in [7, 11) is 0. The maximum absolute atomic E-state index is 11.9. The molecule has 2 heterocycles. The summed E-state index contributed by atoms with van der Waals surface area (Å²) >= 11 is 11.5. The van der Waals surface area contributed by atoms with Crippen LogP contribution in [0.1, 0.15) is 25.1 Å². The molecule has 0 amide bonds. The van der Waals surface area contributed by atoms with E-state index >= 15 is 0 Å². The van der Waals surface area contributed by atoms with Crippen LogP contribution in [0.4, 0.5) is 0 Å². The monoisotopic (exact) mass is 272 g/mol. The molecule has 3 nitrogen and oxygen atoms in total. The Hall–Kier alpha value is -1.06. The summed E-state index contributed by atoms with van der Waals surface area (Å²) in [6.45, 7) is 5.71. The van der Waals surface area contributed by atoms with Crippen LogP contribution in [0.3, 0.4) is 0 Å². The zero-order valence-corrected chi connectivity index (χ0v) is 11.5. The van der Waals surface area contributed by atoms with Gasteiger partial charge in [-0.25, -0.2) is 4.98 Å². The number of hydrogen-bond acceptors (Lipinski definition) is 2. The molecular formula is C12H14Cl2N2O. The zero-order chi connectivity index (χ0) is 13.0. The predicted molar refractivity (Wildman–Crippen MR) is 72.1 cm³/mol. The molecule has 0 aliphatic heterocycles. The van der Waals surface area contributed by atoms with Crippen LogP contribution >= 0.6 is 23.2 Å². The molecule has 0 aliphatic carbocycles. The highest BCUT2D eigenvalue weighted by Crippen LogP contribution is 2.11. The van der Waals surface area contributed by atoms with Crippen molar-refractivity contribution in [2.24, 2.45) is 0 Å². The number of aromatic nitrogens is 2. The zero-order valence-electron chi connectivity index (χ0n) is 10.00. The lowest BCUT2D eigenvalue weighted by atomic mass is 10.2. The molecule has 0 fully saturated rings. The minimum Gasteiger partial charge on any atom is -0.269 e. The fourth-order valence-electron chi connectivity index (χ4n) is 1.38. The molecule has 0 unspecified atom stereocenters. The summed E-state index contributed by atoms with van der Waals surface area (Å²) in [6.07, 6.45) is 1.55. The number of fused-ring (bicyclic) bond motifs is 1. The van der Waals surface area contributed by atoms with Gasteiger partial charge in [0.15, 0.2) is 0 Å². The summed E-state index contributed by atoms with van der Waals surface area (Å²) in [4.78, 5) is 16.1. The van der Waals surface area contributed by atoms with E-state index in [1.165, 1.54) is 4.40 Å². The number of halogens is 2. The van der Waals surface area contributed by atoms with Crippen LogP contribution in [0.5, 0.6) is 0 Å². The minimum absolute atomic E-state index is 0.127. The number of rotatable bonds is 1. The Bertz CT molecular complexity index is 578. The average Bonchev–Trinajstić information content (AvgIpc) is 2.37. The van der Waals surface area contributed by atoms with Crippen molar-refractivity contribution in [3.8, 4) is 0 Å². The maximum atomic E-state index is 11.9. The van der Waals surface area contributed by atoms with Gasteiger partial charge < -0.3 is 0 Å². The predicted octanol–water partition coefficient (Wildman–Crippen LogP) is 3.42. The molecule has 2 aromatic heterocycles. The van der Waals surface area contributed by atoms with E-state index in [0.29, 0.717) is 21.9 Å². The van der Waals surface area contributed by atoms with Gasteiger partial charge >= 0.3 is 0 Å². The van der Waals surface area contributed by atoms with Crippen molar-refractivity contribution in [3.05, 3.63) is 45.0 Å². The van der Waals surface area contributed by atoms with E-state index in [9.17, 15) is 4.79 Å². The van der Waals surface area contributed by atoms with Gasteiger partial charge in [-0.05, 0) is 19.1 Å². The highest BCUT2D eigenvalue weighted by Gasteiger charge is 2.07. The molecule has 2 aromatic rings. The fraction of sp³-hybridized carbons (Fsp3) is 0.333. The van der Waals surface area contributed by atoms with Gasteiger partial charge in [-0.2, -0.15) is 0 Å². The smallest absolute Gasteiger partial charge is 0.261 e. The normalized spacial score (nSPS) is 9.94. The summed E-state index contributed by atoms with van der Waals surface area (Å²) in [5.41, 5.74) is 1.61. The molecule has 0 bridgehead atoms. The largest absolute Gasteiger partial charge is 0.269 e. The quantitative estimate of drug-likeness (QED) is 0.746. The van der Waals surface area contributed by atoms with Gasteiger partial charge in [0.05, 0.1) is 16.6 Å². The van der Waals surface area contributed by atoms with Crippen LogP contribution in [0.2, 0.25) is 5.02 Å². The van der Waals surface area contributed by atoms with Crippen molar-refractivity contribution in [1.29, 1.82) is 0 Å². The third-order valence-electron chi connectivity index (χ3n) is 2.24. The Kier molecular flexibility index (Phi) is 4.97. The Morgan fingerprint density at radius 1 is 1.35 bits per heavy atom. The van der Waals surface area contributed by atoms with Gasteiger partial charge in [-0.1, -0.05) is 25.4 Å². The summed E-state index contributed by atoms with van der Waals surface area (Å²) in [5.74, 6) is 0.236. The second-order valence-corrected chi connectivity index (χ2v) is 3.90. The molecule has 0 aliphatic rings. The lowest BCUT2D eigenvalue weighted by Crippen LogP contribution is -2.19. The minimum atomic E-state index is -0.127. The second kappa shape index (κ2) is 6.03. The molecule has 17 heavy (non-hydrogen) atoms. The third-order valence-corrected chi connectivity index (χ3v) is 2.72. The molecule has 0 saturated carbocycles. The van der Waals surface area contributed by atoms with Crippen LogP contribution in [0, 0.1) is 6.92 Å². The van der Waals surface area contributed by atoms with Gasteiger partial charge in [0.25, 0.3) is 5.56 Å². The third kappa shape index (κ3) is 2.79.